The molecule has 0 radical (unpaired) electrons. The topological polar surface area (TPSA) is 126 Å². The van der Waals surface area contributed by atoms with Crippen molar-refractivity contribution in [2.45, 2.75) is 51.9 Å². The molecule has 0 aliphatic rings. The SMILES string of the molecule is C=CC(=O)CCCC(=O)CCCNC(=O)c1cnc(NCCc2ccncc2)nc1NCCC. The van der Waals surface area contributed by atoms with Crippen LogP contribution in [0.5, 0.6) is 0 Å². The van der Waals surface area contributed by atoms with Crippen LogP contribution in [0.2, 0.25) is 0 Å². The Bertz CT molecular complexity index is 949. The first-order chi connectivity index (χ1) is 16.5. The minimum atomic E-state index is -0.286. The molecule has 0 aromatic carbocycles. The average Bonchev–Trinajstić information content (AvgIpc) is 2.85. The second-order valence-corrected chi connectivity index (χ2v) is 7.84. The van der Waals surface area contributed by atoms with E-state index in [-0.39, 0.29) is 17.5 Å². The first-order valence-corrected chi connectivity index (χ1v) is 11.7. The van der Waals surface area contributed by atoms with Gasteiger partial charge in [0.2, 0.25) is 5.95 Å². The van der Waals surface area contributed by atoms with Gasteiger partial charge in [0.05, 0.1) is 0 Å². The number of allylic oxidation sites excluding steroid dienone is 1. The van der Waals surface area contributed by atoms with E-state index in [1.807, 2.05) is 19.1 Å². The van der Waals surface area contributed by atoms with E-state index in [4.69, 9.17) is 0 Å². The molecule has 0 fully saturated rings. The summed E-state index contributed by atoms with van der Waals surface area (Å²) in [5.74, 6) is 0.672. The maximum atomic E-state index is 12.7. The maximum absolute atomic E-state index is 12.7. The minimum absolute atomic E-state index is 0.0512. The lowest BCUT2D eigenvalue weighted by molar-refractivity contribution is -0.119. The van der Waals surface area contributed by atoms with Gasteiger partial charge < -0.3 is 16.0 Å². The van der Waals surface area contributed by atoms with Crippen LogP contribution in [0.15, 0.2) is 43.4 Å². The number of carbonyl (C=O) groups excluding carboxylic acids is 3. The second-order valence-electron chi connectivity index (χ2n) is 7.84. The smallest absolute Gasteiger partial charge is 0.256 e. The summed E-state index contributed by atoms with van der Waals surface area (Å²) in [6, 6.07) is 3.92. The van der Waals surface area contributed by atoms with E-state index >= 15 is 0 Å². The number of hydrogen-bond acceptors (Lipinski definition) is 8. The molecule has 9 heteroatoms. The van der Waals surface area contributed by atoms with Crippen LogP contribution in [0.25, 0.3) is 0 Å². The predicted octanol–water partition coefficient (Wildman–Crippen LogP) is 3.35. The predicted molar refractivity (Wildman–Crippen MR) is 133 cm³/mol. The zero-order valence-electron chi connectivity index (χ0n) is 19.8. The van der Waals surface area contributed by atoms with E-state index in [1.165, 1.54) is 12.3 Å². The Hall–Kier alpha value is -3.62. The third-order valence-electron chi connectivity index (χ3n) is 5.05. The zero-order chi connectivity index (χ0) is 24.6. The van der Waals surface area contributed by atoms with Crippen LogP contribution in [-0.2, 0) is 16.0 Å². The van der Waals surface area contributed by atoms with Gasteiger partial charge in [-0.25, -0.2) is 4.98 Å². The number of amides is 1. The highest BCUT2D eigenvalue weighted by atomic mass is 16.2. The van der Waals surface area contributed by atoms with Gasteiger partial charge in [0, 0.05) is 57.5 Å². The summed E-state index contributed by atoms with van der Waals surface area (Å²) in [6.07, 6.45) is 10.1. The van der Waals surface area contributed by atoms with Gasteiger partial charge in [-0.2, -0.15) is 4.98 Å². The summed E-state index contributed by atoms with van der Waals surface area (Å²) >= 11 is 0. The highest BCUT2D eigenvalue weighted by Crippen LogP contribution is 2.14. The molecule has 9 nitrogen and oxygen atoms in total. The Morgan fingerprint density at radius 1 is 1.00 bits per heavy atom. The van der Waals surface area contributed by atoms with Crippen LogP contribution in [-0.4, -0.2) is 52.1 Å². The highest BCUT2D eigenvalue weighted by Gasteiger charge is 2.14. The summed E-state index contributed by atoms with van der Waals surface area (Å²) in [5, 5.41) is 9.21. The molecule has 2 rings (SSSR count). The Morgan fingerprint density at radius 3 is 2.50 bits per heavy atom. The van der Waals surface area contributed by atoms with Crippen molar-refractivity contribution in [1.29, 1.82) is 0 Å². The zero-order valence-corrected chi connectivity index (χ0v) is 19.8. The molecule has 34 heavy (non-hydrogen) atoms. The number of anilines is 2. The number of hydrogen-bond donors (Lipinski definition) is 3. The van der Waals surface area contributed by atoms with Crippen molar-refractivity contribution in [3.8, 4) is 0 Å². The molecule has 0 unspecified atom stereocenters. The summed E-state index contributed by atoms with van der Waals surface area (Å²) in [6.45, 7) is 7.15. The number of ketones is 2. The van der Waals surface area contributed by atoms with Crippen molar-refractivity contribution < 1.29 is 14.4 Å². The molecule has 2 aromatic heterocycles. The molecule has 0 atom stereocenters. The highest BCUT2D eigenvalue weighted by molar-refractivity contribution is 5.98. The fourth-order valence-electron chi connectivity index (χ4n) is 3.15. The van der Waals surface area contributed by atoms with E-state index in [1.54, 1.807) is 12.4 Å². The van der Waals surface area contributed by atoms with Gasteiger partial charge in [-0.1, -0.05) is 13.5 Å². The molecule has 0 saturated heterocycles. The first-order valence-electron chi connectivity index (χ1n) is 11.7. The van der Waals surface area contributed by atoms with Crippen molar-refractivity contribution in [1.82, 2.24) is 20.3 Å². The molecule has 2 heterocycles. The largest absolute Gasteiger partial charge is 0.369 e. The fourth-order valence-corrected chi connectivity index (χ4v) is 3.15. The van der Waals surface area contributed by atoms with Crippen LogP contribution >= 0.6 is 0 Å². The van der Waals surface area contributed by atoms with Gasteiger partial charge >= 0.3 is 0 Å². The summed E-state index contributed by atoms with van der Waals surface area (Å²) < 4.78 is 0. The number of rotatable bonds is 17. The van der Waals surface area contributed by atoms with Gasteiger partial charge in [-0.15, -0.1) is 0 Å². The number of carbonyl (C=O) groups is 3. The van der Waals surface area contributed by atoms with Gasteiger partial charge in [-0.05, 0) is 49.5 Å². The Morgan fingerprint density at radius 2 is 1.76 bits per heavy atom. The number of nitrogens with one attached hydrogen (secondary N) is 3. The number of nitrogens with zero attached hydrogens (tertiary/aromatic N) is 3. The molecule has 3 N–H and O–H groups in total. The van der Waals surface area contributed by atoms with Crippen molar-refractivity contribution in [2.75, 3.05) is 30.3 Å². The van der Waals surface area contributed by atoms with Crippen LogP contribution in [0, 0.1) is 0 Å². The van der Waals surface area contributed by atoms with E-state index < -0.39 is 0 Å². The summed E-state index contributed by atoms with van der Waals surface area (Å²) in [5.41, 5.74) is 1.52. The van der Waals surface area contributed by atoms with Crippen LogP contribution in [0.4, 0.5) is 11.8 Å². The summed E-state index contributed by atoms with van der Waals surface area (Å²) in [7, 11) is 0. The number of pyridine rings is 1. The Kier molecular flexibility index (Phi) is 12.0. The monoisotopic (exact) mass is 466 g/mol. The second kappa shape index (κ2) is 15.3. The van der Waals surface area contributed by atoms with Crippen LogP contribution < -0.4 is 16.0 Å². The lowest BCUT2D eigenvalue weighted by Crippen LogP contribution is -2.27. The quantitative estimate of drug-likeness (QED) is 0.239. The third kappa shape index (κ3) is 9.89. The Balaban J connectivity index is 1.82. The molecule has 0 bridgehead atoms. The van der Waals surface area contributed by atoms with Crippen LogP contribution in [0.3, 0.4) is 0 Å². The molecule has 182 valence electrons. The third-order valence-corrected chi connectivity index (χ3v) is 5.05. The van der Waals surface area contributed by atoms with Crippen molar-refractivity contribution in [2.24, 2.45) is 0 Å². The Labute approximate surface area is 200 Å². The first kappa shape index (κ1) is 26.6. The van der Waals surface area contributed by atoms with Gasteiger partial charge in [0.15, 0.2) is 5.78 Å². The van der Waals surface area contributed by atoms with Gasteiger partial charge in [-0.3, -0.25) is 19.4 Å². The summed E-state index contributed by atoms with van der Waals surface area (Å²) in [4.78, 5) is 48.6. The number of Topliss-reactive ketones (excluding diaryl/α,β-unsaturated/α-hetero) is 1. The van der Waals surface area contributed by atoms with Crippen molar-refractivity contribution in [3.63, 3.8) is 0 Å². The van der Waals surface area contributed by atoms with E-state index in [0.29, 0.717) is 69.1 Å². The van der Waals surface area contributed by atoms with Crippen molar-refractivity contribution in [3.05, 3.63) is 54.5 Å². The van der Waals surface area contributed by atoms with E-state index in [2.05, 4.69) is 37.5 Å². The molecule has 1 amide bonds. The lowest BCUT2D eigenvalue weighted by atomic mass is 10.1. The van der Waals surface area contributed by atoms with Crippen molar-refractivity contribution >= 4 is 29.2 Å². The molecule has 0 saturated carbocycles. The molecule has 0 spiro atoms. The molecule has 0 aliphatic carbocycles. The number of aromatic nitrogens is 3. The van der Waals surface area contributed by atoms with E-state index in [0.717, 1.165) is 18.4 Å². The van der Waals surface area contributed by atoms with Gasteiger partial charge in [0.1, 0.15) is 17.2 Å². The van der Waals surface area contributed by atoms with Crippen LogP contribution in [0.1, 0.15) is 61.4 Å². The minimum Gasteiger partial charge on any atom is -0.369 e. The molecule has 0 aliphatic heterocycles. The molecule has 2 aromatic rings. The normalized spacial score (nSPS) is 10.4. The average molecular weight is 467 g/mol. The standard InChI is InChI=1S/C25H34N6O3/c1-3-13-27-23-22(18-30-25(31-23)29-17-12-19-10-15-26-16-11-19)24(34)28-14-6-9-21(33)8-5-7-20(32)4-2/h4,10-11,15-16,18H,2-3,5-9,12-14,17H2,1H3,(H,28,34)(H2,27,29,30,31). The van der Waals surface area contributed by atoms with E-state index in [9.17, 15) is 14.4 Å². The lowest BCUT2D eigenvalue weighted by Gasteiger charge is -2.13. The maximum Gasteiger partial charge on any atom is 0.256 e. The van der Waals surface area contributed by atoms with Gasteiger partial charge in [0.25, 0.3) is 5.91 Å². The molecular weight excluding hydrogens is 432 g/mol. The molecular formula is C25H34N6O3. The fraction of sp³-hybridized carbons (Fsp3) is 0.440.